The molecule has 164 valence electrons. The minimum atomic E-state index is -0.736. The number of allylic oxidation sites excluding steroid dienone is 2. The highest BCUT2D eigenvalue weighted by Crippen LogP contribution is 2.30. The zero-order valence-corrected chi connectivity index (χ0v) is 19.3. The van der Waals surface area contributed by atoms with E-state index in [1.165, 1.54) is 6.42 Å². The molecule has 0 bridgehead atoms. The van der Waals surface area contributed by atoms with E-state index in [1.807, 2.05) is 61.7 Å². The lowest BCUT2D eigenvalue weighted by molar-refractivity contribution is -0.138. The van der Waals surface area contributed by atoms with E-state index < -0.39 is 6.04 Å². The van der Waals surface area contributed by atoms with Gasteiger partial charge in [0.05, 0.1) is 6.42 Å². The van der Waals surface area contributed by atoms with Crippen LogP contribution in [0.2, 0.25) is 0 Å². The van der Waals surface area contributed by atoms with Gasteiger partial charge in [0.15, 0.2) is 0 Å². The van der Waals surface area contributed by atoms with Gasteiger partial charge in [-0.05, 0) is 55.3 Å². The first-order chi connectivity index (χ1) is 15.0. The fraction of sp³-hybridized carbons (Fsp3) is 0.385. The van der Waals surface area contributed by atoms with Gasteiger partial charge in [-0.3, -0.25) is 14.5 Å². The average Bonchev–Trinajstić information content (AvgIpc) is 3.28. The third kappa shape index (κ3) is 5.73. The molecular weight excluding hydrogens is 404 g/mol. The summed E-state index contributed by atoms with van der Waals surface area (Å²) in [7, 11) is 0. The van der Waals surface area contributed by atoms with Gasteiger partial charge >= 0.3 is 0 Å². The van der Waals surface area contributed by atoms with Crippen molar-refractivity contribution in [2.45, 2.75) is 64.5 Å². The van der Waals surface area contributed by atoms with Crippen LogP contribution in [-0.4, -0.2) is 22.8 Å². The van der Waals surface area contributed by atoms with Crippen molar-refractivity contribution in [1.29, 1.82) is 0 Å². The quantitative estimate of drug-likeness (QED) is 0.539. The molecule has 2 aromatic rings. The number of hydrogen-bond donors (Lipinski definition) is 1. The number of nitrogens with zero attached hydrogens (tertiary/aromatic N) is 1. The summed E-state index contributed by atoms with van der Waals surface area (Å²) in [5.41, 5.74) is 2.48. The Labute approximate surface area is 189 Å². The maximum absolute atomic E-state index is 13.7. The number of nitrogens with one attached hydrogen (secondary N) is 1. The van der Waals surface area contributed by atoms with Crippen molar-refractivity contribution in [3.63, 3.8) is 0 Å². The molecule has 1 aliphatic rings. The molecule has 1 atom stereocenters. The number of benzene rings is 1. The van der Waals surface area contributed by atoms with Crippen LogP contribution in [-0.2, 0) is 16.0 Å². The average molecular weight is 437 g/mol. The minimum absolute atomic E-state index is 0.109. The highest BCUT2D eigenvalue weighted by atomic mass is 32.1. The second-order valence-corrected chi connectivity index (χ2v) is 9.07. The Bertz CT molecular complexity index is 927. The Hall–Kier alpha value is -2.66. The standard InChI is InChI=1S/C26H32N2O2S/c1-4-21(5-2)28(24(29)18-22-15-11-17-31-22)25(23-16-10-9-12-19(23)3)26(30)27-20-13-7-6-8-14-20/h4-5,9-12,15-17,20,25H,1,6-8,13-14,18H2,2-3H3,(H,27,30). The van der Waals surface area contributed by atoms with E-state index in [0.717, 1.165) is 41.7 Å². The molecule has 1 saturated carbocycles. The van der Waals surface area contributed by atoms with Crippen LogP contribution in [0.4, 0.5) is 0 Å². The first-order valence-electron chi connectivity index (χ1n) is 11.0. The van der Waals surface area contributed by atoms with E-state index in [9.17, 15) is 9.59 Å². The summed E-state index contributed by atoms with van der Waals surface area (Å²) in [6.45, 7) is 7.77. The smallest absolute Gasteiger partial charge is 0.248 e. The number of carbonyl (C=O) groups is 2. The number of rotatable bonds is 8. The molecule has 2 amide bonds. The molecule has 4 nitrogen and oxygen atoms in total. The molecule has 0 radical (unpaired) electrons. The predicted molar refractivity (Wildman–Crippen MR) is 128 cm³/mol. The molecule has 1 aromatic carbocycles. The van der Waals surface area contributed by atoms with Crippen LogP contribution in [0.15, 0.2) is 66.2 Å². The third-order valence-electron chi connectivity index (χ3n) is 5.90. The van der Waals surface area contributed by atoms with Crippen LogP contribution in [0, 0.1) is 6.92 Å². The van der Waals surface area contributed by atoms with Crippen molar-refractivity contribution in [2.75, 3.05) is 0 Å². The Kier molecular flexibility index (Phi) is 8.24. The van der Waals surface area contributed by atoms with Gasteiger partial charge in [0.2, 0.25) is 11.8 Å². The van der Waals surface area contributed by atoms with Gasteiger partial charge in [0.1, 0.15) is 6.04 Å². The first-order valence-corrected chi connectivity index (χ1v) is 11.9. The summed E-state index contributed by atoms with van der Waals surface area (Å²) in [4.78, 5) is 29.9. The zero-order valence-electron chi connectivity index (χ0n) is 18.5. The normalized spacial score (nSPS) is 15.9. The van der Waals surface area contributed by atoms with E-state index in [1.54, 1.807) is 22.3 Å². The lowest BCUT2D eigenvalue weighted by atomic mass is 9.93. The Morgan fingerprint density at radius 3 is 2.55 bits per heavy atom. The lowest BCUT2D eigenvalue weighted by Gasteiger charge is -2.34. The summed E-state index contributed by atoms with van der Waals surface area (Å²) in [5, 5.41) is 5.21. The van der Waals surface area contributed by atoms with Crippen LogP contribution in [0.3, 0.4) is 0 Å². The Morgan fingerprint density at radius 2 is 1.94 bits per heavy atom. The van der Waals surface area contributed by atoms with Gasteiger partial charge in [-0.15, -0.1) is 11.3 Å². The van der Waals surface area contributed by atoms with Crippen LogP contribution in [0.1, 0.15) is 61.1 Å². The van der Waals surface area contributed by atoms with Crippen molar-refractivity contribution < 1.29 is 9.59 Å². The van der Waals surface area contributed by atoms with Gasteiger partial charge < -0.3 is 5.32 Å². The molecule has 1 unspecified atom stereocenters. The first kappa shape index (κ1) is 23.0. The van der Waals surface area contributed by atoms with Gasteiger partial charge in [-0.25, -0.2) is 0 Å². The molecule has 0 spiro atoms. The number of aryl methyl sites for hydroxylation is 1. The minimum Gasteiger partial charge on any atom is -0.351 e. The third-order valence-corrected chi connectivity index (χ3v) is 6.77. The summed E-state index contributed by atoms with van der Waals surface area (Å²) in [5.74, 6) is -0.232. The molecule has 1 fully saturated rings. The number of thiophene rings is 1. The highest BCUT2D eigenvalue weighted by Gasteiger charge is 2.35. The van der Waals surface area contributed by atoms with Crippen molar-refractivity contribution in [1.82, 2.24) is 10.2 Å². The van der Waals surface area contributed by atoms with E-state index in [4.69, 9.17) is 0 Å². The maximum atomic E-state index is 13.7. The zero-order chi connectivity index (χ0) is 22.2. The Balaban J connectivity index is 2.01. The van der Waals surface area contributed by atoms with E-state index in [2.05, 4.69) is 11.9 Å². The van der Waals surface area contributed by atoms with Crippen molar-refractivity contribution in [2.24, 2.45) is 0 Å². The molecule has 3 rings (SSSR count). The highest BCUT2D eigenvalue weighted by molar-refractivity contribution is 7.10. The van der Waals surface area contributed by atoms with Crippen molar-refractivity contribution in [3.8, 4) is 0 Å². The number of amides is 2. The van der Waals surface area contributed by atoms with E-state index >= 15 is 0 Å². The van der Waals surface area contributed by atoms with Crippen molar-refractivity contribution >= 4 is 23.2 Å². The largest absolute Gasteiger partial charge is 0.351 e. The summed E-state index contributed by atoms with van der Waals surface area (Å²) < 4.78 is 0. The SMILES string of the molecule is C=CC(=CC)N(C(=O)Cc1cccs1)C(C(=O)NC1CCCCC1)c1ccccc1C. The molecule has 1 heterocycles. The topological polar surface area (TPSA) is 49.4 Å². The summed E-state index contributed by atoms with van der Waals surface area (Å²) in [6, 6.07) is 11.1. The summed E-state index contributed by atoms with van der Waals surface area (Å²) in [6.07, 6.45) is 9.23. The fourth-order valence-corrected chi connectivity index (χ4v) is 4.95. The van der Waals surface area contributed by atoms with Gasteiger partial charge in [-0.1, -0.05) is 62.2 Å². The molecule has 0 saturated heterocycles. The van der Waals surface area contributed by atoms with Gasteiger partial charge in [-0.2, -0.15) is 0 Å². The van der Waals surface area contributed by atoms with Crippen LogP contribution in [0.25, 0.3) is 0 Å². The van der Waals surface area contributed by atoms with Crippen molar-refractivity contribution in [3.05, 3.63) is 82.2 Å². The molecular formula is C26H32N2O2S. The molecule has 1 N–H and O–H groups in total. The lowest BCUT2D eigenvalue weighted by Crippen LogP contribution is -2.47. The second kappa shape index (κ2) is 11.1. The number of carbonyl (C=O) groups excluding carboxylic acids is 2. The molecule has 1 aliphatic carbocycles. The van der Waals surface area contributed by atoms with E-state index in [-0.39, 0.29) is 24.3 Å². The molecule has 5 heteroatoms. The second-order valence-electron chi connectivity index (χ2n) is 8.04. The fourth-order valence-electron chi connectivity index (χ4n) is 4.26. The van der Waals surface area contributed by atoms with Gasteiger partial charge in [0.25, 0.3) is 0 Å². The predicted octanol–water partition coefficient (Wildman–Crippen LogP) is 5.71. The summed E-state index contributed by atoms with van der Waals surface area (Å²) >= 11 is 1.55. The Morgan fingerprint density at radius 1 is 1.19 bits per heavy atom. The maximum Gasteiger partial charge on any atom is 0.248 e. The molecule has 1 aromatic heterocycles. The molecule has 0 aliphatic heterocycles. The van der Waals surface area contributed by atoms with Crippen LogP contribution in [0.5, 0.6) is 0 Å². The van der Waals surface area contributed by atoms with Gasteiger partial charge in [0, 0.05) is 16.6 Å². The monoisotopic (exact) mass is 436 g/mol. The number of hydrogen-bond acceptors (Lipinski definition) is 3. The van der Waals surface area contributed by atoms with E-state index in [0.29, 0.717) is 5.70 Å². The van der Waals surface area contributed by atoms with Crippen LogP contribution < -0.4 is 5.32 Å². The molecule has 31 heavy (non-hydrogen) atoms. The van der Waals surface area contributed by atoms with Crippen LogP contribution >= 0.6 is 11.3 Å².